The fourth-order valence-corrected chi connectivity index (χ4v) is 2.63. The van der Waals surface area contributed by atoms with Crippen LogP contribution in [0.25, 0.3) is 0 Å². The van der Waals surface area contributed by atoms with Crippen LogP contribution in [0, 0.1) is 0 Å². The van der Waals surface area contributed by atoms with Gasteiger partial charge in [-0.2, -0.15) is 0 Å². The van der Waals surface area contributed by atoms with Gasteiger partial charge in [-0.15, -0.1) is 0 Å². The zero-order chi connectivity index (χ0) is 16.8. The van der Waals surface area contributed by atoms with Crippen LogP contribution in [-0.4, -0.2) is 41.9 Å². The number of hydrogen-bond donors (Lipinski definition) is 3. The maximum absolute atomic E-state index is 12.1. The van der Waals surface area contributed by atoms with Gasteiger partial charge >= 0.3 is 0 Å². The topological polar surface area (TPSA) is 96.7 Å². The molecule has 4 N–H and O–H groups in total. The van der Waals surface area contributed by atoms with Crippen LogP contribution in [0.2, 0.25) is 0 Å². The number of carbonyl (C=O) groups excluding carboxylic acids is 2. The monoisotopic (exact) mass is 320 g/mol. The molecule has 0 radical (unpaired) electrons. The third kappa shape index (κ3) is 4.94. The molecule has 1 aromatic rings. The zero-order valence-electron chi connectivity index (χ0n) is 13.5. The predicted octanol–water partition coefficient (Wildman–Crippen LogP) is 0.154. The van der Waals surface area contributed by atoms with Crippen LogP contribution in [0.4, 0.5) is 0 Å². The molecular formula is C16H24N4O3. The van der Waals surface area contributed by atoms with E-state index in [0.29, 0.717) is 19.6 Å². The number of amides is 2. The van der Waals surface area contributed by atoms with Crippen molar-refractivity contribution in [3.05, 3.63) is 29.8 Å². The van der Waals surface area contributed by atoms with Gasteiger partial charge in [-0.1, -0.05) is 12.1 Å². The van der Waals surface area contributed by atoms with Crippen molar-refractivity contribution in [2.45, 2.75) is 39.0 Å². The second-order valence-electron chi connectivity index (χ2n) is 5.86. The van der Waals surface area contributed by atoms with Gasteiger partial charge in [-0.05, 0) is 31.5 Å². The first-order valence-corrected chi connectivity index (χ1v) is 7.76. The summed E-state index contributed by atoms with van der Waals surface area (Å²) >= 11 is 0. The summed E-state index contributed by atoms with van der Waals surface area (Å²) in [5.74, 6) is 5.44. The lowest BCUT2D eigenvalue weighted by Gasteiger charge is -2.34. The van der Waals surface area contributed by atoms with E-state index in [2.05, 4.69) is 10.7 Å². The highest BCUT2D eigenvalue weighted by molar-refractivity contribution is 5.88. The molecule has 0 bridgehead atoms. The lowest BCUT2D eigenvalue weighted by Crippen LogP contribution is -2.56. The molecule has 1 heterocycles. The molecule has 7 nitrogen and oxygen atoms in total. The predicted molar refractivity (Wildman–Crippen MR) is 86.4 cm³/mol. The van der Waals surface area contributed by atoms with E-state index in [9.17, 15) is 9.59 Å². The Morgan fingerprint density at radius 1 is 1.52 bits per heavy atom. The third-order valence-electron chi connectivity index (χ3n) is 3.64. The van der Waals surface area contributed by atoms with Gasteiger partial charge in [0.1, 0.15) is 5.75 Å². The summed E-state index contributed by atoms with van der Waals surface area (Å²) in [6.07, 6.45) is 0.150. The van der Waals surface area contributed by atoms with Gasteiger partial charge < -0.3 is 10.1 Å². The Bertz CT molecular complexity index is 562. The van der Waals surface area contributed by atoms with Crippen molar-refractivity contribution in [2.24, 2.45) is 5.84 Å². The minimum absolute atomic E-state index is 0.0461. The number of benzene rings is 1. The molecule has 1 aromatic carbocycles. The molecular weight excluding hydrogens is 296 g/mol. The molecule has 7 heteroatoms. The van der Waals surface area contributed by atoms with Crippen molar-refractivity contribution in [1.29, 1.82) is 0 Å². The largest absolute Gasteiger partial charge is 0.491 e. The Labute approximate surface area is 136 Å². The van der Waals surface area contributed by atoms with Crippen LogP contribution in [0.15, 0.2) is 24.3 Å². The van der Waals surface area contributed by atoms with E-state index in [0.717, 1.165) is 11.3 Å². The Kier molecular flexibility index (Phi) is 5.95. The van der Waals surface area contributed by atoms with Crippen molar-refractivity contribution in [1.82, 2.24) is 15.6 Å². The number of hydrogen-bond acceptors (Lipinski definition) is 5. The summed E-state index contributed by atoms with van der Waals surface area (Å²) in [6, 6.07) is 7.28. The van der Waals surface area contributed by atoms with Crippen LogP contribution in [0.1, 0.15) is 25.8 Å². The highest BCUT2D eigenvalue weighted by Gasteiger charge is 2.31. The number of nitrogens with one attached hydrogen (secondary N) is 2. The number of piperazine rings is 1. The highest BCUT2D eigenvalue weighted by Crippen LogP contribution is 2.19. The average Bonchev–Trinajstić information content (AvgIpc) is 2.50. The number of nitrogens with two attached hydrogens (primary N) is 1. The SMILES string of the molecule is CC(C)Oc1cccc(CN2CCNC(=O)C2CC(=O)NN)c1. The second-order valence-corrected chi connectivity index (χ2v) is 5.86. The smallest absolute Gasteiger partial charge is 0.237 e. The van der Waals surface area contributed by atoms with E-state index in [4.69, 9.17) is 10.6 Å². The minimum Gasteiger partial charge on any atom is -0.491 e. The molecule has 0 aliphatic carbocycles. The summed E-state index contributed by atoms with van der Waals surface area (Å²) in [4.78, 5) is 25.6. The van der Waals surface area contributed by atoms with Gasteiger partial charge in [0.25, 0.3) is 0 Å². The number of ether oxygens (including phenoxy) is 1. The van der Waals surface area contributed by atoms with Crippen molar-refractivity contribution in [2.75, 3.05) is 13.1 Å². The summed E-state index contributed by atoms with van der Waals surface area (Å²) in [5, 5.41) is 2.79. The fraction of sp³-hybridized carbons (Fsp3) is 0.500. The van der Waals surface area contributed by atoms with Crippen LogP contribution < -0.4 is 21.3 Å². The fourth-order valence-electron chi connectivity index (χ4n) is 2.63. The third-order valence-corrected chi connectivity index (χ3v) is 3.64. The maximum Gasteiger partial charge on any atom is 0.237 e. The molecule has 1 atom stereocenters. The van der Waals surface area contributed by atoms with Gasteiger partial charge in [0.05, 0.1) is 18.6 Å². The van der Waals surface area contributed by atoms with Crippen LogP contribution in [-0.2, 0) is 16.1 Å². The average molecular weight is 320 g/mol. The molecule has 1 saturated heterocycles. The molecule has 2 amide bonds. The summed E-state index contributed by atoms with van der Waals surface area (Å²) in [7, 11) is 0. The van der Waals surface area contributed by atoms with Crippen molar-refractivity contribution in [3.63, 3.8) is 0 Å². The summed E-state index contributed by atoms with van der Waals surface area (Å²) < 4.78 is 5.70. The van der Waals surface area contributed by atoms with E-state index in [-0.39, 0.29) is 24.3 Å². The van der Waals surface area contributed by atoms with Crippen molar-refractivity contribution >= 4 is 11.8 Å². The quantitative estimate of drug-likeness (QED) is 0.394. The zero-order valence-corrected chi connectivity index (χ0v) is 13.5. The van der Waals surface area contributed by atoms with E-state index < -0.39 is 6.04 Å². The lowest BCUT2D eigenvalue weighted by atomic mass is 10.1. The first-order valence-electron chi connectivity index (χ1n) is 7.76. The molecule has 2 rings (SSSR count). The first kappa shape index (κ1) is 17.2. The van der Waals surface area contributed by atoms with Crippen molar-refractivity contribution in [3.8, 4) is 5.75 Å². The van der Waals surface area contributed by atoms with Gasteiger partial charge in [-0.25, -0.2) is 5.84 Å². The molecule has 126 valence electrons. The van der Waals surface area contributed by atoms with Gasteiger partial charge in [0.2, 0.25) is 11.8 Å². The normalized spacial score (nSPS) is 18.6. The molecule has 1 fully saturated rings. The summed E-state index contributed by atoms with van der Waals surface area (Å²) in [6.45, 7) is 5.78. The van der Waals surface area contributed by atoms with E-state index in [1.807, 2.05) is 43.0 Å². The Hall–Kier alpha value is -2.12. The van der Waals surface area contributed by atoms with Crippen LogP contribution in [0.5, 0.6) is 5.75 Å². The van der Waals surface area contributed by atoms with Crippen molar-refractivity contribution < 1.29 is 14.3 Å². The van der Waals surface area contributed by atoms with Gasteiger partial charge in [-0.3, -0.25) is 19.9 Å². The lowest BCUT2D eigenvalue weighted by molar-refractivity contribution is -0.134. The Morgan fingerprint density at radius 2 is 2.30 bits per heavy atom. The first-order chi connectivity index (χ1) is 11.0. The number of hydrazine groups is 1. The molecule has 1 aliphatic heterocycles. The van der Waals surface area contributed by atoms with Crippen LogP contribution in [0.3, 0.4) is 0 Å². The number of nitrogens with zero attached hydrogens (tertiary/aromatic N) is 1. The molecule has 0 aromatic heterocycles. The van der Waals surface area contributed by atoms with Gasteiger partial charge in [0, 0.05) is 19.6 Å². The van der Waals surface area contributed by atoms with E-state index >= 15 is 0 Å². The number of carbonyl (C=O) groups is 2. The molecule has 0 spiro atoms. The minimum atomic E-state index is -0.512. The number of rotatable bonds is 6. The second kappa shape index (κ2) is 7.94. The standard InChI is InChI=1S/C16H24N4O3/c1-11(2)23-13-5-3-4-12(8-13)10-20-7-6-18-16(22)14(20)9-15(21)19-17/h3-5,8,11,14H,6-7,9-10,17H2,1-2H3,(H,18,22)(H,19,21). The molecule has 1 unspecified atom stereocenters. The van der Waals surface area contributed by atoms with E-state index in [1.54, 1.807) is 0 Å². The van der Waals surface area contributed by atoms with E-state index in [1.165, 1.54) is 0 Å². The van der Waals surface area contributed by atoms with Gasteiger partial charge in [0.15, 0.2) is 0 Å². The maximum atomic E-state index is 12.1. The molecule has 0 saturated carbocycles. The Balaban J connectivity index is 2.09. The van der Waals surface area contributed by atoms with Crippen LogP contribution >= 0.6 is 0 Å². The molecule has 1 aliphatic rings. The Morgan fingerprint density at radius 3 is 3.00 bits per heavy atom. The highest BCUT2D eigenvalue weighted by atomic mass is 16.5. The molecule has 23 heavy (non-hydrogen) atoms. The summed E-state index contributed by atoms with van der Waals surface area (Å²) in [5.41, 5.74) is 3.12.